The molecule has 1 aliphatic carbocycles. The van der Waals surface area contributed by atoms with Crippen molar-refractivity contribution < 1.29 is 9.59 Å². The summed E-state index contributed by atoms with van der Waals surface area (Å²) in [5.74, 6) is 0.0407. The summed E-state index contributed by atoms with van der Waals surface area (Å²) in [6, 6.07) is 9.87. The predicted molar refractivity (Wildman–Crippen MR) is 143 cm³/mol. The SMILES string of the molecule is CC(C)(N)C(=O)N1CCN(C(=O)Nc2ccn(-c3ccc(CCN[C@@H]4CC[C@H](N)C4)cc3)c(=O)n2)CC1. The van der Waals surface area contributed by atoms with Gasteiger partial charge in [-0.3, -0.25) is 14.7 Å². The number of carbonyl (C=O) groups is 2. The van der Waals surface area contributed by atoms with E-state index in [4.69, 9.17) is 11.5 Å². The molecule has 2 aliphatic rings. The predicted octanol–water partition coefficient (Wildman–Crippen LogP) is 0.658. The van der Waals surface area contributed by atoms with Gasteiger partial charge in [0.1, 0.15) is 5.82 Å². The van der Waals surface area contributed by atoms with E-state index in [0.29, 0.717) is 44.0 Å². The van der Waals surface area contributed by atoms with Crippen molar-refractivity contribution in [2.24, 2.45) is 11.5 Å². The number of hydrogen-bond acceptors (Lipinski definition) is 7. The van der Waals surface area contributed by atoms with E-state index >= 15 is 0 Å². The number of carbonyl (C=O) groups excluding carboxylic acids is 2. The molecule has 1 aromatic heterocycles. The van der Waals surface area contributed by atoms with E-state index in [2.05, 4.69) is 15.6 Å². The van der Waals surface area contributed by atoms with Crippen molar-refractivity contribution in [2.75, 3.05) is 38.0 Å². The average molecular weight is 511 g/mol. The van der Waals surface area contributed by atoms with E-state index < -0.39 is 11.2 Å². The lowest BCUT2D eigenvalue weighted by atomic mass is 10.1. The molecule has 11 heteroatoms. The second kappa shape index (κ2) is 11.4. The largest absolute Gasteiger partial charge is 0.354 e. The maximum atomic E-state index is 12.7. The van der Waals surface area contributed by atoms with E-state index in [1.54, 1.807) is 35.9 Å². The minimum atomic E-state index is -0.945. The van der Waals surface area contributed by atoms with Crippen LogP contribution in [0.3, 0.4) is 0 Å². The summed E-state index contributed by atoms with van der Waals surface area (Å²) in [4.78, 5) is 44.9. The molecule has 1 aliphatic heterocycles. The third kappa shape index (κ3) is 6.94. The Balaban J connectivity index is 1.28. The summed E-state index contributed by atoms with van der Waals surface area (Å²) in [6.45, 7) is 5.79. The number of piperazine rings is 1. The van der Waals surface area contributed by atoms with Crippen molar-refractivity contribution in [3.8, 4) is 5.69 Å². The highest BCUT2D eigenvalue weighted by Crippen LogP contribution is 2.17. The molecule has 0 spiro atoms. The van der Waals surface area contributed by atoms with Crippen LogP contribution in [0.25, 0.3) is 5.69 Å². The first-order valence-electron chi connectivity index (χ1n) is 12.9. The van der Waals surface area contributed by atoms with Gasteiger partial charge in [-0.2, -0.15) is 4.98 Å². The molecule has 6 N–H and O–H groups in total. The molecule has 0 radical (unpaired) electrons. The summed E-state index contributed by atoms with van der Waals surface area (Å²) in [5.41, 5.74) is 12.3. The number of nitrogens with one attached hydrogen (secondary N) is 2. The molecule has 37 heavy (non-hydrogen) atoms. The normalized spacial score (nSPS) is 20.2. The molecule has 1 saturated heterocycles. The van der Waals surface area contributed by atoms with Gasteiger partial charge in [-0.15, -0.1) is 0 Å². The van der Waals surface area contributed by atoms with Gasteiger partial charge in [0.25, 0.3) is 0 Å². The van der Waals surface area contributed by atoms with Crippen LogP contribution < -0.4 is 27.8 Å². The molecular weight excluding hydrogens is 472 g/mol. The number of aromatic nitrogens is 2. The van der Waals surface area contributed by atoms with Crippen LogP contribution in [0, 0.1) is 0 Å². The molecule has 1 saturated carbocycles. The van der Waals surface area contributed by atoms with Crippen LogP contribution >= 0.6 is 0 Å². The number of amides is 3. The summed E-state index contributed by atoms with van der Waals surface area (Å²) < 4.78 is 1.44. The number of nitrogens with zero attached hydrogens (tertiary/aromatic N) is 4. The Bertz CT molecular complexity index is 1150. The smallest absolute Gasteiger partial charge is 0.338 e. The lowest BCUT2D eigenvalue weighted by Gasteiger charge is -2.37. The van der Waals surface area contributed by atoms with Gasteiger partial charge in [0.15, 0.2) is 0 Å². The van der Waals surface area contributed by atoms with Gasteiger partial charge in [0.2, 0.25) is 5.91 Å². The second-order valence-corrected chi connectivity index (χ2v) is 10.5. The lowest BCUT2D eigenvalue weighted by molar-refractivity contribution is -0.137. The summed E-state index contributed by atoms with van der Waals surface area (Å²) in [7, 11) is 0. The molecule has 4 rings (SSSR count). The molecule has 2 atom stereocenters. The number of urea groups is 1. The quantitative estimate of drug-likeness (QED) is 0.427. The van der Waals surface area contributed by atoms with Crippen LogP contribution in [-0.2, 0) is 11.2 Å². The molecule has 11 nitrogen and oxygen atoms in total. The molecule has 0 unspecified atom stereocenters. The van der Waals surface area contributed by atoms with Crippen molar-refractivity contribution in [1.29, 1.82) is 0 Å². The number of hydrogen-bond donors (Lipinski definition) is 4. The first-order chi connectivity index (χ1) is 17.6. The average Bonchev–Trinajstić information content (AvgIpc) is 3.28. The summed E-state index contributed by atoms with van der Waals surface area (Å²) in [5, 5.41) is 6.25. The number of rotatable bonds is 7. The van der Waals surface area contributed by atoms with Crippen molar-refractivity contribution in [3.05, 3.63) is 52.6 Å². The zero-order chi connectivity index (χ0) is 26.6. The van der Waals surface area contributed by atoms with E-state index in [1.165, 1.54) is 10.1 Å². The standard InChI is InChI=1S/C26H38N8O3/c1-26(2,28)23(35)32-13-15-33(16-14-32)24(36)30-22-10-12-34(25(37)31-22)21-7-3-18(4-8-21)9-11-29-20-6-5-19(27)17-20/h3-4,7-8,10,12,19-20,29H,5-6,9,11,13-17,27-28H2,1-2H3,(H,30,31,36,37)/t19-,20+/m0/s1. The zero-order valence-corrected chi connectivity index (χ0v) is 21.7. The van der Waals surface area contributed by atoms with E-state index in [9.17, 15) is 14.4 Å². The number of benzene rings is 1. The Kier molecular flexibility index (Phi) is 8.25. The van der Waals surface area contributed by atoms with Gasteiger partial charge in [-0.05, 0) is 69.8 Å². The Morgan fingerprint density at radius 1 is 1.05 bits per heavy atom. The molecular formula is C26H38N8O3. The third-order valence-electron chi connectivity index (χ3n) is 6.98. The van der Waals surface area contributed by atoms with Gasteiger partial charge < -0.3 is 26.6 Å². The highest BCUT2D eigenvalue weighted by molar-refractivity contribution is 5.89. The van der Waals surface area contributed by atoms with Crippen molar-refractivity contribution in [2.45, 2.75) is 57.2 Å². The minimum Gasteiger partial charge on any atom is -0.338 e. The second-order valence-electron chi connectivity index (χ2n) is 10.5. The molecule has 1 aromatic carbocycles. The zero-order valence-electron chi connectivity index (χ0n) is 21.7. The van der Waals surface area contributed by atoms with Crippen molar-refractivity contribution in [1.82, 2.24) is 24.7 Å². The fourth-order valence-electron chi connectivity index (χ4n) is 4.82. The molecule has 200 valence electrons. The van der Waals surface area contributed by atoms with Gasteiger partial charge in [0.05, 0.1) is 11.2 Å². The molecule has 2 fully saturated rings. The summed E-state index contributed by atoms with van der Waals surface area (Å²) >= 11 is 0. The third-order valence-corrected chi connectivity index (χ3v) is 6.98. The maximum Gasteiger partial charge on any atom is 0.354 e. The van der Waals surface area contributed by atoms with Crippen molar-refractivity contribution >= 4 is 17.8 Å². The molecule has 0 bridgehead atoms. The first kappa shape index (κ1) is 26.8. The Morgan fingerprint density at radius 3 is 2.32 bits per heavy atom. The molecule has 3 amide bonds. The van der Waals surface area contributed by atoms with E-state index in [-0.39, 0.29) is 17.8 Å². The fourth-order valence-corrected chi connectivity index (χ4v) is 4.82. The highest BCUT2D eigenvalue weighted by Gasteiger charge is 2.31. The van der Waals surface area contributed by atoms with E-state index in [0.717, 1.165) is 32.2 Å². The monoisotopic (exact) mass is 510 g/mol. The highest BCUT2D eigenvalue weighted by atomic mass is 16.2. The minimum absolute atomic E-state index is 0.142. The summed E-state index contributed by atoms with van der Waals surface area (Å²) in [6.07, 6.45) is 5.76. The van der Waals surface area contributed by atoms with Crippen molar-refractivity contribution in [3.63, 3.8) is 0 Å². The molecule has 2 heterocycles. The van der Waals surface area contributed by atoms with Crippen LogP contribution in [-0.4, -0.2) is 81.6 Å². The topological polar surface area (TPSA) is 152 Å². The first-order valence-corrected chi connectivity index (χ1v) is 12.9. The maximum absolute atomic E-state index is 12.7. The van der Waals surface area contributed by atoms with Crippen LogP contribution in [0.2, 0.25) is 0 Å². The van der Waals surface area contributed by atoms with Crippen LogP contribution in [0.15, 0.2) is 41.3 Å². The molecule has 2 aromatic rings. The van der Waals surface area contributed by atoms with Crippen LogP contribution in [0.5, 0.6) is 0 Å². The fraction of sp³-hybridized carbons (Fsp3) is 0.538. The Hall–Kier alpha value is -3.28. The van der Waals surface area contributed by atoms with Crippen LogP contribution in [0.4, 0.5) is 10.6 Å². The van der Waals surface area contributed by atoms with Gasteiger partial charge >= 0.3 is 11.7 Å². The van der Waals surface area contributed by atoms with Gasteiger partial charge in [-0.25, -0.2) is 9.59 Å². The lowest BCUT2D eigenvalue weighted by Crippen LogP contribution is -2.58. The van der Waals surface area contributed by atoms with Crippen LogP contribution in [0.1, 0.15) is 38.7 Å². The van der Waals surface area contributed by atoms with Gasteiger partial charge in [0, 0.05) is 44.5 Å². The Labute approximate surface area is 217 Å². The number of nitrogens with two attached hydrogens (primary N) is 2. The number of anilines is 1. The Morgan fingerprint density at radius 2 is 1.73 bits per heavy atom. The van der Waals surface area contributed by atoms with Gasteiger partial charge in [-0.1, -0.05) is 12.1 Å². The van der Waals surface area contributed by atoms with E-state index in [1.807, 2.05) is 24.3 Å².